The maximum Gasteiger partial charge on any atom is 0.340 e. The van der Waals surface area contributed by atoms with Crippen LogP contribution in [0.2, 0.25) is 0 Å². The van der Waals surface area contributed by atoms with Gasteiger partial charge in [-0.2, -0.15) is 0 Å². The molecular weight excluding hydrogens is 402 g/mol. The second kappa shape index (κ2) is 9.12. The van der Waals surface area contributed by atoms with E-state index >= 15 is 0 Å². The first-order valence-corrected chi connectivity index (χ1v) is 9.35. The van der Waals surface area contributed by atoms with E-state index in [1.54, 1.807) is 13.0 Å². The predicted octanol–water partition coefficient (Wildman–Crippen LogP) is 3.81. The molecule has 3 rings (SSSR count). The number of hydrogen-bond donors (Lipinski definition) is 1. The molecule has 0 saturated carbocycles. The molecule has 0 fully saturated rings. The molecule has 1 N–H and O–H groups in total. The number of esters is 1. The van der Waals surface area contributed by atoms with E-state index in [0.29, 0.717) is 11.3 Å². The Hall–Kier alpha value is -4.14. The molecule has 9 nitrogen and oxygen atoms in total. The van der Waals surface area contributed by atoms with E-state index in [-0.39, 0.29) is 17.1 Å². The van der Waals surface area contributed by atoms with Crippen molar-refractivity contribution in [2.45, 2.75) is 13.8 Å². The van der Waals surface area contributed by atoms with E-state index in [0.717, 1.165) is 11.4 Å². The fraction of sp³-hybridized carbons (Fsp3) is 0.182. The summed E-state index contributed by atoms with van der Waals surface area (Å²) in [6.45, 7) is 3.07. The molecule has 1 aromatic heterocycles. The van der Waals surface area contributed by atoms with Gasteiger partial charge in [0.25, 0.3) is 11.6 Å². The Morgan fingerprint density at radius 1 is 1.10 bits per heavy atom. The van der Waals surface area contributed by atoms with Crippen LogP contribution in [0.15, 0.2) is 54.6 Å². The number of carbonyl (C=O) groups excluding carboxylic acids is 2. The second-order valence-electron chi connectivity index (χ2n) is 6.72. The number of ether oxygens (including phenoxy) is 2. The van der Waals surface area contributed by atoms with Crippen molar-refractivity contribution in [2.75, 3.05) is 19.0 Å². The molecule has 1 amide bonds. The molecule has 160 valence electrons. The van der Waals surface area contributed by atoms with Crippen molar-refractivity contribution >= 4 is 23.3 Å². The van der Waals surface area contributed by atoms with Crippen molar-refractivity contribution in [3.05, 3.63) is 81.7 Å². The Labute approximate surface area is 178 Å². The maximum atomic E-state index is 12.5. The van der Waals surface area contributed by atoms with Gasteiger partial charge in [-0.1, -0.05) is 18.2 Å². The minimum atomic E-state index is -0.696. The fourth-order valence-electron chi connectivity index (χ4n) is 3.23. The van der Waals surface area contributed by atoms with Crippen LogP contribution in [0.1, 0.15) is 21.7 Å². The minimum Gasteiger partial charge on any atom is -0.496 e. The lowest BCUT2D eigenvalue weighted by molar-refractivity contribution is -0.384. The van der Waals surface area contributed by atoms with Crippen molar-refractivity contribution < 1.29 is 24.0 Å². The average molecular weight is 423 g/mol. The van der Waals surface area contributed by atoms with Gasteiger partial charge < -0.3 is 19.4 Å². The van der Waals surface area contributed by atoms with Crippen molar-refractivity contribution in [1.29, 1.82) is 0 Å². The van der Waals surface area contributed by atoms with Gasteiger partial charge >= 0.3 is 5.97 Å². The monoisotopic (exact) mass is 423 g/mol. The van der Waals surface area contributed by atoms with E-state index in [9.17, 15) is 19.7 Å². The number of anilines is 1. The number of aryl methyl sites for hydroxylation is 1. The minimum absolute atomic E-state index is 0.0193. The zero-order chi connectivity index (χ0) is 22.5. The molecule has 0 aliphatic heterocycles. The van der Waals surface area contributed by atoms with E-state index in [1.807, 2.05) is 41.8 Å². The van der Waals surface area contributed by atoms with Gasteiger partial charge in [-0.25, -0.2) is 4.79 Å². The number of nitrogens with one attached hydrogen (secondary N) is 1. The first kappa shape index (κ1) is 21.6. The molecule has 2 aromatic carbocycles. The number of benzene rings is 2. The van der Waals surface area contributed by atoms with Crippen LogP contribution in [0.3, 0.4) is 0 Å². The van der Waals surface area contributed by atoms with Crippen LogP contribution in [-0.4, -0.2) is 35.1 Å². The van der Waals surface area contributed by atoms with E-state index in [2.05, 4.69) is 5.32 Å². The molecule has 0 bridgehead atoms. The molecule has 0 saturated heterocycles. The molecule has 0 aliphatic carbocycles. The Balaban J connectivity index is 1.69. The molecule has 1 heterocycles. The summed E-state index contributed by atoms with van der Waals surface area (Å²) < 4.78 is 12.0. The number of rotatable bonds is 7. The Bertz CT molecular complexity index is 1140. The zero-order valence-corrected chi connectivity index (χ0v) is 17.2. The largest absolute Gasteiger partial charge is 0.496 e. The summed E-state index contributed by atoms with van der Waals surface area (Å²) in [5.74, 6) is -1.07. The molecule has 0 aliphatic rings. The molecule has 0 spiro atoms. The summed E-state index contributed by atoms with van der Waals surface area (Å²) in [4.78, 5) is 35.3. The van der Waals surface area contributed by atoms with E-state index < -0.39 is 23.4 Å². The van der Waals surface area contributed by atoms with Gasteiger partial charge in [-0.15, -0.1) is 0 Å². The lowest BCUT2D eigenvalue weighted by atomic mass is 10.2. The summed E-state index contributed by atoms with van der Waals surface area (Å²) in [5, 5.41) is 13.6. The molecule has 31 heavy (non-hydrogen) atoms. The van der Waals surface area contributed by atoms with Crippen LogP contribution < -0.4 is 10.1 Å². The highest BCUT2D eigenvalue weighted by molar-refractivity contribution is 5.97. The lowest BCUT2D eigenvalue weighted by Gasteiger charge is -2.10. The zero-order valence-electron chi connectivity index (χ0n) is 17.2. The Kier molecular flexibility index (Phi) is 6.35. The van der Waals surface area contributed by atoms with Crippen LogP contribution in [-0.2, 0) is 9.53 Å². The molecule has 9 heteroatoms. The van der Waals surface area contributed by atoms with Gasteiger partial charge in [0, 0.05) is 17.1 Å². The summed E-state index contributed by atoms with van der Waals surface area (Å²) in [7, 11) is 1.38. The quantitative estimate of drug-likeness (QED) is 0.351. The summed E-state index contributed by atoms with van der Waals surface area (Å²) in [5.41, 5.74) is 2.42. The van der Waals surface area contributed by atoms with Crippen LogP contribution in [0.4, 0.5) is 11.4 Å². The van der Waals surface area contributed by atoms with Crippen LogP contribution >= 0.6 is 0 Å². The number of nitro groups is 1. The second-order valence-corrected chi connectivity index (χ2v) is 6.72. The standard InChI is InChI=1S/C22H21N3O6/c1-14-11-18(15(2)24(14)16-7-5-4-6-8-16)22(27)31-13-21(26)23-19-10-9-17(30-3)12-20(19)25(28)29/h4-12H,13H2,1-3H3,(H,23,26). The number of para-hydroxylation sites is 1. The Morgan fingerprint density at radius 2 is 1.81 bits per heavy atom. The third-order valence-electron chi connectivity index (χ3n) is 4.68. The molecule has 3 aromatic rings. The first-order valence-electron chi connectivity index (χ1n) is 9.35. The average Bonchev–Trinajstić information content (AvgIpc) is 3.06. The third-order valence-corrected chi connectivity index (χ3v) is 4.68. The SMILES string of the molecule is COc1ccc(NC(=O)COC(=O)c2cc(C)n(-c3ccccc3)c2C)c([N+](=O)[O-])c1. The van der Waals surface area contributed by atoms with E-state index in [4.69, 9.17) is 9.47 Å². The first-order chi connectivity index (χ1) is 14.8. The highest BCUT2D eigenvalue weighted by Gasteiger charge is 2.21. The van der Waals surface area contributed by atoms with Crippen molar-refractivity contribution in [3.63, 3.8) is 0 Å². The molecular formula is C22H21N3O6. The summed E-state index contributed by atoms with van der Waals surface area (Å²) in [6, 6.07) is 15.3. The van der Waals surface area contributed by atoms with Gasteiger partial charge in [0.1, 0.15) is 11.4 Å². The number of nitro benzene ring substituents is 1. The molecule has 0 radical (unpaired) electrons. The fourth-order valence-corrected chi connectivity index (χ4v) is 3.23. The topological polar surface area (TPSA) is 113 Å². The van der Waals surface area contributed by atoms with Crippen LogP contribution in [0.5, 0.6) is 5.75 Å². The van der Waals surface area contributed by atoms with Gasteiger partial charge in [0.15, 0.2) is 6.61 Å². The van der Waals surface area contributed by atoms with Gasteiger partial charge in [0.05, 0.1) is 23.7 Å². The lowest BCUT2D eigenvalue weighted by Crippen LogP contribution is -2.21. The number of amides is 1. The smallest absolute Gasteiger partial charge is 0.340 e. The number of nitrogens with zero attached hydrogens (tertiary/aromatic N) is 2. The number of hydrogen-bond acceptors (Lipinski definition) is 6. The molecule has 0 unspecified atom stereocenters. The van der Waals surface area contributed by atoms with Crippen molar-refractivity contribution in [2.24, 2.45) is 0 Å². The van der Waals surface area contributed by atoms with E-state index in [1.165, 1.54) is 25.3 Å². The highest BCUT2D eigenvalue weighted by atomic mass is 16.6. The van der Waals surface area contributed by atoms with Crippen molar-refractivity contribution in [1.82, 2.24) is 4.57 Å². The third kappa shape index (κ3) is 4.72. The number of carbonyl (C=O) groups is 2. The number of methoxy groups -OCH3 is 1. The maximum absolute atomic E-state index is 12.5. The van der Waals surface area contributed by atoms with Crippen molar-refractivity contribution in [3.8, 4) is 11.4 Å². The van der Waals surface area contributed by atoms with Gasteiger partial charge in [-0.05, 0) is 44.2 Å². The number of aromatic nitrogens is 1. The normalized spacial score (nSPS) is 10.4. The highest BCUT2D eigenvalue weighted by Crippen LogP contribution is 2.29. The van der Waals surface area contributed by atoms with Gasteiger partial charge in [-0.3, -0.25) is 14.9 Å². The predicted molar refractivity (Wildman–Crippen MR) is 114 cm³/mol. The summed E-state index contributed by atoms with van der Waals surface area (Å²) in [6.07, 6.45) is 0. The van der Waals surface area contributed by atoms with Crippen LogP contribution in [0.25, 0.3) is 5.69 Å². The van der Waals surface area contributed by atoms with Crippen LogP contribution in [0, 0.1) is 24.0 Å². The van der Waals surface area contributed by atoms with Gasteiger partial charge in [0.2, 0.25) is 0 Å². The Morgan fingerprint density at radius 3 is 2.45 bits per heavy atom. The summed E-state index contributed by atoms with van der Waals surface area (Å²) >= 11 is 0. The molecule has 0 atom stereocenters.